The van der Waals surface area contributed by atoms with E-state index in [2.05, 4.69) is 37.4 Å². The van der Waals surface area contributed by atoms with Crippen molar-refractivity contribution in [3.63, 3.8) is 0 Å². The molecule has 0 aliphatic heterocycles. The van der Waals surface area contributed by atoms with Crippen LogP contribution < -0.4 is 10.1 Å². The Morgan fingerprint density at radius 1 is 1.35 bits per heavy atom. The molecule has 0 spiro atoms. The largest absolute Gasteiger partial charge is 0.496 e. The van der Waals surface area contributed by atoms with Crippen LogP contribution in [0.5, 0.6) is 5.75 Å². The van der Waals surface area contributed by atoms with Crippen molar-refractivity contribution in [2.24, 2.45) is 0 Å². The number of rotatable bonds is 6. The molecule has 0 aliphatic carbocycles. The average Bonchev–Trinajstić information content (AvgIpc) is 2.87. The average molecular weight is 310 g/mol. The zero-order valence-corrected chi connectivity index (χ0v) is 13.6. The lowest BCUT2D eigenvalue weighted by atomic mass is 10.0. The first-order chi connectivity index (χ1) is 9.67. The second kappa shape index (κ2) is 7.11. The van der Waals surface area contributed by atoms with E-state index in [9.17, 15) is 0 Å². The van der Waals surface area contributed by atoms with Gasteiger partial charge in [-0.2, -0.15) is 0 Å². The number of aryl methyl sites for hydroxylation is 1. The summed E-state index contributed by atoms with van der Waals surface area (Å²) in [4.78, 5) is 1.16. The molecule has 0 fully saturated rings. The van der Waals surface area contributed by atoms with E-state index in [1.54, 1.807) is 18.4 Å². The van der Waals surface area contributed by atoms with Gasteiger partial charge in [-0.3, -0.25) is 0 Å². The van der Waals surface area contributed by atoms with E-state index in [0.717, 1.165) is 34.2 Å². The number of hydrogen-bond donors (Lipinski definition) is 1. The third kappa shape index (κ3) is 3.35. The third-order valence-corrected chi connectivity index (χ3v) is 4.69. The summed E-state index contributed by atoms with van der Waals surface area (Å²) in [5.41, 5.74) is 2.33. The molecule has 1 aromatic heterocycles. The monoisotopic (exact) mass is 309 g/mol. The summed E-state index contributed by atoms with van der Waals surface area (Å²) in [7, 11) is 1.71. The second-order valence-electron chi connectivity index (χ2n) is 4.75. The van der Waals surface area contributed by atoms with Crippen LogP contribution in [0.15, 0.2) is 29.6 Å². The fraction of sp³-hybridized carbons (Fsp3) is 0.375. The van der Waals surface area contributed by atoms with Crippen LogP contribution >= 0.6 is 22.9 Å². The highest BCUT2D eigenvalue weighted by atomic mass is 35.5. The summed E-state index contributed by atoms with van der Waals surface area (Å²) < 4.78 is 5.43. The Morgan fingerprint density at radius 3 is 2.75 bits per heavy atom. The SMILES string of the molecule is CCCNC(c1ccc(C)c(OC)c1)c1sccc1Cl. The number of benzene rings is 1. The maximum atomic E-state index is 6.31. The highest BCUT2D eigenvalue weighted by Crippen LogP contribution is 2.34. The standard InChI is InChI=1S/C16H20ClNOS/c1-4-8-18-15(16-13(17)7-9-20-16)12-6-5-11(2)14(10-12)19-3/h5-7,9-10,15,18H,4,8H2,1-3H3. The molecule has 20 heavy (non-hydrogen) atoms. The zero-order chi connectivity index (χ0) is 14.5. The molecule has 0 radical (unpaired) electrons. The molecule has 108 valence electrons. The van der Waals surface area contributed by atoms with Gasteiger partial charge < -0.3 is 10.1 Å². The molecule has 2 aromatic rings. The van der Waals surface area contributed by atoms with Crippen molar-refractivity contribution in [1.82, 2.24) is 5.32 Å². The molecular formula is C16H20ClNOS. The van der Waals surface area contributed by atoms with Gasteiger partial charge in [-0.1, -0.05) is 30.7 Å². The van der Waals surface area contributed by atoms with Gasteiger partial charge in [0.1, 0.15) is 5.75 Å². The van der Waals surface area contributed by atoms with Gasteiger partial charge in [-0.15, -0.1) is 11.3 Å². The van der Waals surface area contributed by atoms with Crippen LogP contribution in [0.25, 0.3) is 0 Å². The summed E-state index contributed by atoms with van der Waals surface area (Å²) in [6, 6.07) is 8.40. The Bertz CT molecular complexity index is 567. The molecule has 2 nitrogen and oxygen atoms in total. The second-order valence-corrected chi connectivity index (χ2v) is 6.10. The van der Waals surface area contributed by atoms with Crippen molar-refractivity contribution in [2.75, 3.05) is 13.7 Å². The van der Waals surface area contributed by atoms with Crippen molar-refractivity contribution < 1.29 is 4.74 Å². The summed E-state index contributed by atoms with van der Waals surface area (Å²) in [6.07, 6.45) is 1.09. The lowest BCUT2D eigenvalue weighted by Crippen LogP contribution is -2.22. The Hall–Kier alpha value is -1.03. The zero-order valence-electron chi connectivity index (χ0n) is 12.1. The van der Waals surface area contributed by atoms with E-state index < -0.39 is 0 Å². The highest BCUT2D eigenvalue weighted by Gasteiger charge is 2.18. The minimum Gasteiger partial charge on any atom is -0.496 e. The van der Waals surface area contributed by atoms with Crippen LogP contribution in [0.3, 0.4) is 0 Å². The smallest absolute Gasteiger partial charge is 0.122 e. The van der Waals surface area contributed by atoms with Gasteiger partial charge in [0.15, 0.2) is 0 Å². The van der Waals surface area contributed by atoms with E-state index in [0.29, 0.717) is 0 Å². The Balaban J connectivity index is 2.38. The lowest BCUT2D eigenvalue weighted by Gasteiger charge is -2.19. The van der Waals surface area contributed by atoms with Crippen LogP contribution in [-0.4, -0.2) is 13.7 Å². The van der Waals surface area contributed by atoms with Gasteiger partial charge in [0, 0.05) is 4.88 Å². The summed E-state index contributed by atoms with van der Waals surface area (Å²) >= 11 is 7.99. The Kier molecular flexibility index (Phi) is 5.46. The van der Waals surface area contributed by atoms with E-state index >= 15 is 0 Å². The number of halogens is 1. The van der Waals surface area contributed by atoms with E-state index in [1.807, 2.05) is 11.4 Å². The van der Waals surface area contributed by atoms with Gasteiger partial charge in [0.05, 0.1) is 18.2 Å². The van der Waals surface area contributed by atoms with E-state index in [4.69, 9.17) is 16.3 Å². The maximum Gasteiger partial charge on any atom is 0.122 e. The van der Waals surface area contributed by atoms with Crippen LogP contribution in [0.1, 0.15) is 35.4 Å². The van der Waals surface area contributed by atoms with Crippen LogP contribution in [-0.2, 0) is 0 Å². The van der Waals surface area contributed by atoms with E-state index in [-0.39, 0.29) is 6.04 Å². The molecule has 0 amide bonds. The fourth-order valence-electron chi connectivity index (χ4n) is 2.18. The topological polar surface area (TPSA) is 21.3 Å². The highest BCUT2D eigenvalue weighted by molar-refractivity contribution is 7.10. The van der Waals surface area contributed by atoms with Gasteiger partial charge >= 0.3 is 0 Å². The molecule has 1 N–H and O–H groups in total. The first kappa shape index (κ1) is 15.4. The fourth-order valence-corrected chi connectivity index (χ4v) is 3.45. The predicted octanol–water partition coefficient (Wildman–Crippen LogP) is 4.81. The third-order valence-electron chi connectivity index (χ3n) is 3.27. The van der Waals surface area contributed by atoms with Crippen molar-refractivity contribution in [3.05, 3.63) is 50.7 Å². The van der Waals surface area contributed by atoms with Crippen LogP contribution in [0.2, 0.25) is 5.02 Å². The number of nitrogens with one attached hydrogen (secondary N) is 1. The van der Waals surface area contributed by atoms with Crippen LogP contribution in [0, 0.1) is 6.92 Å². The summed E-state index contributed by atoms with van der Waals surface area (Å²) in [6.45, 7) is 5.17. The quantitative estimate of drug-likeness (QED) is 0.827. The maximum absolute atomic E-state index is 6.31. The van der Waals surface area contributed by atoms with E-state index in [1.165, 1.54) is 5.56 Å². The first-order valence-electron chi connectivity index (χ1n) is 6.78. The van der Waals surface area contributed by atoms with Crippen molar-refractivity contribution in [3.8, 4) is 5.75 Å². The molecule has 0 aliphatic rings. The van der Waals surface area contributed by atoms with Crippen molar-refractivity contribution in [1.29, 1.82) is 0 Å². The molecule has 4 heteroatoms. The number of thiophene rings is 1. The normalized spacial score (nSPS) is 12.4. The van der Waals surface area contributed by atoms with Gasteiger partial charge in [0.25, 0.3) is 0 Å². The summed E-state index contributed by atoms with van der Waals surface area (Å²) in [5, 5.41) is 6.42. The van der Waals surface area contributed by atoms with Crippen LogP contribution in [0.4, 0.5) is 0 Å². The number of ether oxygens (including phenoxy) is 1. The molecule has 2 rings (SSSR count). The van der Waals surface area contributed by atoms with Crippen molar-refractivity contribution >= 4 is 22.9 Å². The lowest BCUT2D eigenvalue weighted by molar-refractivity contribution is 0.410. The molecule has 0 saturated heterocycles. The minimum atomic E-state index is 0.122. The first-order valence-corrected chi connectivity index (χ1v) is 8.04. The minimum absolute atomic E-state index is 0.122. The molecule has 1 aromatic carbocycles. The van der Waals surface area contributed by atoms with Gasteiger partial charge in [0.2, 0.25) is 0 Å². The Labute approximate surface area is 129 Å². The van der Waals surface area contributed by atoms with Gasteiger partial charge in [-0.05, 0) is 48.5 Å². The summed E-state index contributed by atoms with van der Waals surface area (Å²) in [5.74, 6) is 0.915. The number of methoxy groups -OCH3 is 1. The number of hydrogen-bond acceptors (Lipinski definition) is 3. The van der Waals surface area contributed by atoms with Crippen molar-refractivity contribution in [2.45, 2.75) is 26.3 Å². The Morgan fingerprint density at radius 2 is 2.15 bits per heavy atom. The molecule has 0 bridgehead atoms. The molecule has 1 unspecified atom stereocenters. The molecule has 1 atom stereocenters. The molecule has 0 saturated carbocycles. The molecule has 1 heterocycles. The van der Waals surface area contributed by atoms with Gasteiger partial charge in [-0.25, -0.2) is 0 Å². The predicted molar refractivity (Wildman–Crippen MR) is 87.2 cm³/mol. The molecular weight excluding hydrogens is 290 g/mol.